The predicted molar refractivity (Wildman–Crippen MR) is 68.2 cm³/mol. The average molecular weight is 234 g/mol. The topological polar surface area (TPSA) is 53.6 Å². The molecular formula is C13H22N4. The second kappa shape index (κ2) is 7.86. The Bertz CT molecular complexity index is 349. The Kier molecular flexibility index (Phi) is 6.34. The number of imidazole rings is 1. The third-order valence-corrected chi connectivity index (χ3v) is 2.58. The Morgan fingerprint density at radius 2 is 2.29 bits per heavy atom. The molecule has 1 aromatic heterocycles. The van der Waals surface area contributed by atoms with Gasteiger partial charge < -0.3 is 9.88 Å². The van der Waals surface area contributed by atoms with Gasteiger partial charge >= 0.3 is 0 Å². The molecule has 0 spiro atoms. The van der Waals surface area contributed by atoms with Gasteiger partial charge in [0.15, 0.2) is 0 Å². The van der Waals surface area contributed by atoms with Crippen LogP contribution in [0, 0.1) is 17.2 Å². The second-order valence-corrected chi connectivity index (χ2v) is 4.68. The lowest BCUT2D eigenvalue weighted by atomic mass is 10.2. The molecule has 94 valence electrons. The van der Waals surface area contributed by atoms with Crippen molar-refractivity contribution in [1.82, 2.24) is 14.9 Å². The fraction of sp³-hybridized carbons (Fsp3) is 0.692. The van der Waals surface area contributed by atoms with E-state index in [0.717, 1.165) is 38.3 Å². The maximum absolute atomic E-state index is 8.47. The molecule has 0 fully saturated rings. The van der Waals surface area contributed by atoms with Crippen LogP contribution < -0.4 is 5.32 Å². The number of aromatic nitrogens is 2. The predicted octanol–water partition coefficient (Wildman–Crippen LogP) is 2.32. The monoisotopic (exact) mass is 234 g/mol. The molecule has 0 aromatic carbocycles. The van der Waals surface area contributed by atoms with E-state index >= 15 is 0 Å². The number of hydrogen-bond donors (Lipinski definition) is 1. The van der Waals surface area contributed by atoms with Crippen LogP contribution in [-0.2, 0) is 13.1 Å². The third kappa shape index (κ3) is 5.50. The first kappa shape index (κ1) is 13.7. The fourth-order valence-electron chi connectivity index (χ4n) is 1.67. The molecule has 1 N–H and O–H groups in total. The van der Waals surface area contributed by atoms with Crippen LogP contribution in [0.1, 0.15) is 38.9 Å². The number of aryl methyl sites for hydroxylation is 1. The summed E-state index contributed by atoms with van der Waals surface area (Å²) in [5, 5.41) is 11.9. The lowest BCUT2D eigenvalue weighted by Gasteiger charge is -2.09. The van der Waals surface area contributed by atoms with Crippen molar-refractivity contribution in [2.45, 2.75) is 46.2 Å². The van der Waals surface area contributed by atoms with Crippen LogP contribution >= 0.6 is 0 Å². The summed E-state index contributed by atoms with van der Waals surface area (Å²) in [6, 6.07) is 2.17. The summed E-state index contributed by atoms with van der Waals surface area (Å²) in [6.07, 6.45) is 6.51. The van der Waals surface area contributed by atoms with E-state index < -0.39 is 0 Å². The summed E-state index contributed by atoms with van der Waals surface area (Å²) in [5.41, 5.74) is 0. The highest BCUT2D eigenvalue weighted by molar-refractivity contribution is 4.92. The van der Waals surface area contributed by atoms with E-state index in [0.29, 0.717) is 12.3 Å². The van der Waals surface area contributed by atoms with Gasteiger partial charge in [0.2, 0.25) is 0 Å². The molecule has 0 atom stereocenters. The molecule has 4 nitrogen and oxygen atoms in total. The van der Waals surface area contributed by atoms with Crippen molar-refractivity contribution in [2.24, 2.45) is 5.92 Å². The van der Waals surface area contributed by atoms with E-state index in [9.17, 15) is 0 Å². The first-order chi connectivity index (χ1) is 8.24. The zero-order chi connectivity index (χ0) is 12.5. The number of nitrogens with zero attached hydrogens (tertiary/aromatic N) is 3. The van der Waals surface area contributed by atoms with Gasteiger partial charge in [-0.1, -0.05) is 13.8 Å². The molecule has 0 amide bonds. The number of nitrogens with one attached hydrogen (secondary N) is 1. The second-order valence-electron chi connectivity index (χ2n) is 4.68. The van der Waals surface area contributed by atoms with Crippen molar-refractivity contribution < 1.29 is 0 Å². The summed E-state index contributed by atoms with van der Waals surface area (Å²) >= 11 is 0. The largest absolute Gasteiger partial charge is 0.334 e. The minimum Gasteiger partial charge on any atom is -0.334 e. The highest BCUT2D eigenvalue weighted by Crippen LogP contribution is 2.03. The van der Waals surface area contributed by atoms with Crippen LogP contribution in [0.5, 0.6) is 0 Å². The molecule has 1 rings (SSSR count). The van der Waals surface area contributed by atoms with Crippen LogP contribution in [-0.4, -0.2) is 16.1 Å². The minimum atomic E-state index is 0.648. The maximum Gasteiger partial charge on any atom is 0.122 e. The van der Waals surface area contributed by atoms with Gasteiger partial charge in [-0.15, -0.1) is 0 Å². The Morgan fingerprint density at radius 3 is 3.00 bits per heavy atom. The molecule has 1 heterocycles. The lowest BCUT2D eigenvalue weighted by molar-refractivity contribution is 0.519. The molecule has 0 bridgehead atoms. The van der Waals surface area contributed by atoms with Gasteiger partial charge in [-0.05, 0) is 25.3 Å². The maximum atomic E-state index is 8.47. The van der Waals surface area contributed by atoms with Crippen LogP contribution in [0.3, 0.4) is 0 Å². The van der Waals surface area contributed by atoms with Gasteiger partial charge in [0, 0.05) is 25.4 Å². The van der Waals surface area contributed by atoms with Crippen molar-refractivity contribution in [2.75, 3.05) is 6.54 Å². The minimum absolute atomic E-state index is 0.648. The van der Waals surface area contributed by atoms with E-state index in [1.54, 1.807) is 0 Å². The highest BCUT2D eigenvalue weighted by atomic mass is 15.1. The zero-order valence-electron chi connectivity index (χ0n) is 10.8. The Hall–Kier alpha value is -1.34. The zero-order valence-corrected chi connectivity index (χ0v) is 10.8. The summed E-state index contributed by atoms with van der Waals surface area (Å²) in [7, 11) is 0. The van der Waals surface area contributed by atoms with Gasteiger partial charge in [-0.2, -0.15) is 5.26 Å². The summed E-state index contributed by atoms with van der Waals surface area (Å²) in [6.45, 7) is 7.19. The van der Waals surface area contributed by atoms with Crippen molar-refractivity contribution in [3.63, 3.8) is 0 Å². The molecule has 0 radical (unpaired) electrons. The number of hydrogen-bond acceptors (Lipinski definition) is 3. The van der Waals surface area contributed by atoms with Gasteiger partial charge in [0.05, 0.1) is 12.6 Å². The quantitative estimate of drug-likeness (QED) is 0.702. The molecule has 4 heteroatoms. The highest BCUT2D eigenvalue weighted by Gasteiger charge is 2.02. The van der Waals surface area contributed by atoms with Gasteiger partial charge in [-0.3, -0.25) is 0 Å². The number of rotatable bonds is 8. The molecule has 0 saturated carbocycles. The molecule has 17 heavy (non-hydrogen) atoms. The normalized spacial score (nSPS) is 10.7. The van der Waals surface area contributed by atoms with Crippen LogP contribution in [0.15, 0.2) is 12.4 Å². The molecule has 0 saturated heterocycles. The SMILES string of the molecule is CC(C)CNCc1nccn1CCCCC#N. The van der Waals surface area contributed by atoms with Crippen molar-refractivity contribution in [1.29, 1.82) is 5.26 Å². The van der Waals surface area contributed by atoms with Crippen molar-refractivity contribution >= 4 is 0 Å². The van der Waals surface area contributed by atoms with Crippen LogP contribution in [0.25, 0.3) is 0 Å². The Morgan fingerprint density at radius 1 is 1.47 bits per heavy atom. The average Bonchev–Trinajstić information content (AvgIpc) is 2.72. The first-order valence-corrected chi connectivity index (χ1v) is 6.31. The Balaban J connectivity index is 2.30. The molecule has 0 aliphatic heterocycles. The fourth-order valence-corrected chi connectivity index (χ4v) is 1.67. The smallest absolute Gasteiger partial charge is 0.122 e. The lowest BCUT2D eigenvalue weighted by Crippen LogP contribution is -2.21. The summed E-state index contributed by atoms with van der Waals surface area (Å²) in [4.78, 5) is 4.35. The van der Waals surface area contributed by atoms with Crippen molar-refractivity contribution in [3.05, 3.63) is 18.2 Å². The van der Waals surface area contributed by atoms with Gasteiger partial charge in [-0.25, -0.2) is 4.98 Å². The third-order valence-electron chi connectivity index (χ3n) is 2.58. The summed E-state index contributed by atoms with van der Waals surface area (Å²) in [5.74, 6) is 1.75. The van der Waals surface area contributed by atoms with Gasteiger partial charge in [0.1, 0.15) is 5.82 Å². The van der Waals surface area contributed by atoms with E-state index in [4.69, 9.17) is 5.26 Å². The summed E-state index contributed by atoms with van der Waals surface area (Å²) < 4.78 is 2.17. The Labute approximate surface area is 104 Å². The standard InChI is InChI=1S/C13H22N4/c1-12(2)10-15-11-13-16-7-9-17(13)8-5-3-4-6-14/h7,9,12,15H,3-5,8,10-11H2,1-2H3. The molecule has 0 aliphatic rings. The van der Waals surface area contributed by atoms with Gasteiger partial charge in [0.25, 0.3) is 0 Å². The molecule has 0 aliphatic carbocycles. The van der Waals surface area contributed by atoms with E-state index in [1.807, 2.05) is 12.4 Å². The van der Waals surface area contributed by atoms with Crippen molar-refractivity contribution in [3.8, 4) is 6.07 Å². The molecule has 1 aromatic rings. The number of nitriles is 1. The number of unbranched alkanes of at least 4 members (excludes halogenated alkanes) is 2. The van der Waals surface area contributed by atoms with E-state index in [2.05, 4.69) is 34.8 Å². The molecular weight excluding hydrogens is 212 g/mol. The first-order valence-electron chi connectivity index (χ1n) is 6.31. The van der Waals surface area contributed by atoms with E-state index in [1.165, 1.54) is 0 Å². The van der Waals surface area contributed by atoms with Crippen LogP contribution in [0.4, 0.5) is 0 Å². The van der Waals surface area contributed by atoms with Crippen LogP contribution in [0.2, 0.25) is 0 Å². The molecule has 0 unspecified atom stereocenters. The van der Waals surface area contributed by atoms with E-state index in [-0.39, 0.29) is 0 Å².